The second-order valence-corrected chi connectivity index (χ2v) is 14.2. The van der Waals surface area contributed by atoms with Gasteiger partial charge >= 0.3 is 0 Å². The lowest BCUT2D eigenvalue weighted by atomic mass is 9.76. The van der Waals surface area contributed by atoms with Gasteiger partial charge in [0.05, 0.1) is 0 Å². The molecule has 0 unspecified atom stereocenters. The van der Waals surface area contributed by atoms with Crippen molar-refractivity contribution in [2.45, 2.75) is 151 Å². The van der Waals surface area contributed by atoms with Gasteiger partial charge in [0, 0.05) is 5.60 Å². The van der Waals surface area contributed by atoms with Crippen LogP contribution in [0.4, 0.5) is 0 Å². The number of hydrogen-bond donors (Lipinski definition) is 0. The first-order chi connectivity index (χ1) is 18.2. The maximum Gasteiger partial charge on any atom is 0.162 e. The minimum Gasteiger partial charge on any atom is -0.419 e. The van der Waals surface area contributed by atoms with E-state index in [1.807, 2.05) is 0 Å². The summed E-state index contributed by atoms with van der Waals surface area (Å²) in [5, 5.41) is 0. The lowest BCUT2D eigenvalue weighted by Crippen LogP contribution is -2.33. The SMILES string of the molecule is CCCN(CCC)CCCC(CCCN(CCC)CCC)(CCCN(CCC)CCC)C[SiH2]OC(C)(C)C. The minimum atomic E-state index is -0.537. The predicted octanol–water partition coefficient (Wildman–Crippen LogP) is 8.00. The maximum absolute atomic E-state index is 6.51. The third-order valence-electron chi connectivity index (χ3n) is 7.95. The van der Waals surface area contributed by atoms with Crippen LogP contribution < -0.4 is 0 Å². The molecule has 0 saturated heterocycles. The summed E-state index contributed by atoms with van der Waals surface area (Å²) in [6.45, 7) is 32.1. The molecule has 0 aromatic heterocycles. The zero-order chi connectivity index (χ0) is 28.7. The molecule has 0 rings (SSSR count). The van der Waals surface area contributed by atoms with Gasteiger partial charge in [-0.25, -0.2) is 0 Å². The van der Waals surface area contributed by atoms with Gasteiger partial charge in [0.2, 0.25) is 0 Å². The van der Waals surface area contributed by atoms with Crippen molar-refractivity contribution >= 4 is 9.76 Å². The fraction of sp³-hybridized carbons (Fsp3) is 1.00. The van der Waals surface area contributed by atoms with Gasteiger partial charge in [-0.15, -0.1) is 0 Å². The number of nitrogens with zero attached hydrogens (tertiary/aromatic N) is 3. The second-order valence-electron chi connectivity index (χ2n) is 13.0. The van der Waals surface area contributed by atoms with Gasteiger partial charge in [-0.3, -0.25) is 0 Å². The van der Waals surface area contributed by atoms with Crippen molar-refractivity contribution in [2.75, 3.05) is 58.9 Å². The molecule has 5 heteroatoms. The Morgan fingerprint density at radius 3 is 1.00 bits per heavy atom. The highest BCUT2D eigenvalue weighted by molar-refractivity contribution is 6.27. The van der Waals surface area contributed by atoms with Crippen LogP contribution >= 0.6 is 0 Å². The van der Waals surface area contributed by atoms with Crippen molar-refractivity contribution in [1.82, 2.24) is 14.7 Å². The zero-order valence-corrected chi connectivity index (χ0v) is 29.4. The third kappa shape index (κ3) is 20.0. The van der Waals surface area contributed by atoms with Crippen molar-refractivity contribution < 1.29 is 4.43 Å². The van der Waals surface area contributed by atoms with E-state index in [0.29, 0.717) is 5.41 Å². The average Bonchev–Trinajstić information content (AvgIpc) is 2.84. The fourth-order valence-electron chi connectivity index (χ4n) is 6.26. The van der Waals surface area contributed by atoms with Gasteiger partial charge in [0.15, 0.2) is 9.76 Å². The van der Waals surface area contributed by atoms with Gasteiger partial charge in [-0.1, -0.05) is 41.5 Å². The van der Waals surface area contributed by atoms with E-state index >= 15 is 0 Å². The van der Waals surface area contributed by atoms with Crippen LogP contribution in [0.15, 0.2) is 0 Å². The van der Waals surface area contributed by atoms with Crippen molar-refractivity contribution in [3.63, 3.8) is 0 Å². The predicted molar refractivity (Wildman–Crippen MR) is 175 cm³/mol. The molecule has 0 amide bonds. The summed E-state index contributed by atoms with van der Waals surface area (Å²) in [7, 11) is -0.537. The first-order valence-corrected chi connectivity index (χ1v) is 18.6. The van der Waals surface area contributed by atoms with Crippen LogP contribution in [0.3, 0.4) is 0 Å². The van der Waals surface area contributed by atoms with Gasteiger partial charge in [0.25, 0.3) is 0 Å². The second kappa shape index (κ2) is 23.7. The number of rotatable bonds is 27. The quantitative estimate of drug-likeness (QED) is 0.0956. The Kier molecular flexibility index (Phi) is 23.8. The van der Waals surface area contributed by atoms with Crippen molar-refractivity contribution in [2.24, 2.45) is 5.41 Å². The molecule has 0 saturated carbocycles. The summed E-state index contributed by atoms with van der Waals surface area (Å²) in [4.78, 5) is 8.17. The molecule has 0 radical (unpaired) electrons. The van der Waals surface area contributed by atoms with Gasteiger partial charge in [-0.2, -0.15) is 0 Å². The Bertz CT molecular complexity index is 438. The lowest BCUT2D eigenvalue weighted by molar-refractivity contribution is 0.125. The van der Waals surface area contributed by atoms with E-state index in [-0.39, 0.29) is 5.60 Å². The van der Waals surface area contributed by atoms with Crippen LogP contribution in [0.2, 0.25) is 6.04 Å². The fourth-order valence-corrected chi connectivity index (χ4v) is 8.16. The Morgan fingerprint density at radius 1 is 0.474 bits per heavy atom. The van der Waals surface area contributed by atoms with E-state index in [2.05, 4.69) is 77.0 Å². The zero-order valence-electron chi connectivity index (χ0n) is 28.0. The average molecular weight is 556 g/mol. The Labute approximate surface area is 244 Å². The van der Waals surface area contributed by atoms with E-state index in [4.69, 9.17) is 4.43 Å². The van der Waals surface area contributed by atoms with Crippen LogP contribution in [-0.2, 0) is 4.43 Å². The molecule has 0 spiro atoms. The number of hydrogen-bond acceptors (Lipinski definition) is 4. The minimum absolute atomic E-state index is 0.00904. The van der Waals surface area contributed by atoms with Gasteiger partial charge < -0.3 is 19.1 Å². The Morgan fingerprint density at radius 2 is 0.763 bits per heavy atom. The normalized spacial score (nSPS) is 13.3. The summed E-state index contributed by atoms with van der Waals surface area (Å²) in [6.07, 6.45) is 15.8. The molecular formula is C33H73N3OSi. The summed E-state index contributed by atoms with van der Waals surface area (Å²) in [5.74, 6) is 0. The molecule has 0 fully saturated rings. The highest BCUT2D eigenvalue weighted by atomic mass is 28.2. The highest BCUT2D eigenvalue weighted by Gasteiger charge is 2.30. The van der Waals surface area contributed by atoms with Crippen LogP contribution in [0, 0.1) is 5.41 Å². The van der Waals surface area contributed by atoms with Crippen LogP contribution in [-0.4, -0.2) is 89.0 Å². The summed E-state index contributed by atoms with van der Waals surface area (Å²) in [5.41, 5.74) is 0.477. The van der Waals surface area contributed by atoms with Gasteiger partial charge in [0.1, 0.15) is 0 Å². The molecule has 38 heavy (non-hydrogen) atoms. The molecule has 0 aliphatic rings. The molecular weight excluding hydrogens is 482 g/mol. The van der Waals surface area contributed by atoms with E-state index < -0.39 is 9.76 Å². The largest absolute Gasteiger partial charge is 0.419 e. The van der Waals surface area contributed by atoms with E-state index in [1.54, 1.807) is 0 Å². The topological polar surface area (TPSA) is 19.0 Å². The first kappa shape index (κ1) is 38.1. The van der Waals surface area contributed by atoms with Crippen molar-refractivity contribution in [3.05, 3.63) is 0 Å². The van der Waals surface area contributed by atoms with E-state index in [0.717, 1.165) is 0 Å². The monoisotopic (exact) mass is 556 g/mol. The lowest BCUT2D eigenvalue weighted by Gasteiger charge is -2.37. The molecule has 0 aliphatic heterocycles. The Hall–Kier alpha value is 0.0569. The van der Waals surface area contributed by atoms with E-state index in [1.165, 1.54) is 142 Å². The highest BCUT2D eigenvalue weighted by Crippen LogP contribution is 2.40. The van der Waals surface area contributed by atoms with Crippen LogP contribution in [0.25, 0.3) is 0 Å². The molecule has 4 nitrogen and oxygen atoms in total. The molecule has 0 aromatic carbocycles. The van der Waals surface area contributed by atoms with Gasteiger partial charge in [-0.05, 0) is 168 Å². The molecule has 0 heterocycles. The molecule has 0 N–H and O–H groups in total. The van der Waals surface area contributed by atoms with E-state index in [9.17, 15) is 0 Å². The summed E-state index contributed by atoms with van der Waals surface area (Å²) < 4.78 is 6.51. The molecule has 230 valence electrons. The van der Waals surface area contributed by atoms with Crippen molar-refractivity contribution in [1.29, 1.82) is 0 Å². The molecule has 0 bridgehead atoms. The summed E-state index contributed by atoms with van der Waals surface area (Å²) in [6, 6.07) is 1.36. The van der Waals surface area contributed by atoms with Crippen LogP contribution in [0.5, 0.6) is 0 Å². The molecule has 0 aliphatic carbocycles. The third-order valence-corrected chi connectivity index (χ3v) is 10.3. The Balaban J connectivity index is 5.58. The smallest absolute Gasteiger partial charge is 0.162 e. The molecule has 0 atom stereocenters. The van der Waals surface area contributed by atoms with Crippen LogP contribution in [0.1, 0.15) is 139 Å². The maximum atomic E-state index is 6.51. The van der Waals surface area contributed by atoms with Crippen molar-refractivity contribution in [3.8, 4) is 0 Å². The first-order valence-electron chi connectivity index (χ1n) is 17.0. The standard InChI is InChI=1S/C33H73N3OSi/c1-10-22-34(23-11-2)28-16-19-33(31-38-37-32(7,8)9,20-17-29-35(24-12-3)25-13-4)21-18-30-36(26-14-5)27-15-6/h10-31,38H2,1-9H3. The molecule has 0 aromatic rings. The summed E-state index contributed by atoms with van der Waals surface area (Å²) >= 11 is 0.